The number of rotatable bonds is 8. The van der Waals surface area contributed by atoms with Gasteiger partial charge in [-0.25, -0.2) is 4.39 Å². The average Bonchev–Trinajstić information content (AvgIpc) is 2.41. The van der Waals surface area contributed by atoms with Crippen molar-refractivity contribution in [1.82, 2.24) is 0 Å². The van der Waals surface area contributed by atoms with E-state index in [0.29, 0.717) is 5.69 Å². The molecular weight excluding hydrogens is 241 g/mol. The Hall–Kier alpha value is -1.38. The van der Waals surface area contributed by atoms with E-state index < -0.39 is 0 Å². The summed E-state index contributed by atoms with van der Waals surface area (Å²) in [5.74, 6) is -0.148. The minimum absolute atomic E-state index is 0.0634. The van der Waals surface area contributed by atoms with Gasteiger partial charge in [-0.2, -0.15) is 0 Å². The van der Waals surface area contributed by atoms with Crippen LogP contribution in [0.5, 0.6) is 0 Å². The summed E-state index contributed by atoms with van der Waals surface area (Å²) in [5, 5.41) is 2.88. The zero-order valence-corrected chi connectivity index (χ0v) is 11.9. The lowest BCUT2D eigenvalue weighted by molar-refractivity contribution is -0.120. The topological polar surface area (TPSA) is 29.1 Å². The Labute approximate surface area is 115 Å². The number of anilines is 1. The van der Waals surface area contributed by atoms with Crippen molar-refractivity contribution in [2.75, 3.05) is 5.32 Å². The largest absolute Gasteiger partial charge is 0.326 e. The first kappa shape index (κ1) is 15.7. The van der Waals surface area contributed by atoms with Gasteiger partial charge in [-0.05, 0) is 37.1 Å². The molecule has 0 aliphatic heterocycles. The van der Waals surface area contributed by atoms with Crippen LogP contribution in [-0.4, -0.2) is 5.91 Å². The number of hydrogen-bond donors (Lipinski definition) is 1. The van der Waals surface area contributed by atoms with Gasteiger partial charge < -0.3 is 5.32 Å². The van der Waals surface area contributed by atoms with Gasteiger partial charge in [-0.3, -0.25) is 4.79 Å². The Kier molecular flexibility index (Phi) is 7.16. The van der Waals surface area contributed by atoms with E-state index in [9.17, 15) is 9.18 Å². The van der Waals surface area contributed by atoms with Gasteiger partial charge in [0.25, 0.3) is 0 Å². The molecule has 0 atom stereocenters. The molecule has 1 rings (SSSR count). The van der Waals surface area contributed by atoms with Gasteiger partial charge in [-0.1, -0.05) is 39.5 Å². The van der Waals surface area contributed by atoms with E-state index >= 15 is 0 Å². The van der Waals surface area contributed by atoms with Gasteiger partial charge in [0.2, 0.25) is 5.91 Å². The summed E-state index contributed by atoms with van der Waals surface area (Å²) in [6.45, 7) is 4.27. The second kappa shape index (κ2) is 8.68. The Morgan fingerprint density at radius 2 is 1.63 bits per heavy atom. The van der Waals surface area contributed by atoms with Gasteiger partial charge in [0.05, 0.1) is 0 Å². The third kappa shape index (κ3) is 5.86. The average molecular weight is 265 g/mol. The van der Waals surface area contributed by atoms with Crippen molar-refractivity contribution >= 4 is 11.6 Å². The molecule has 0 spiro atoms. The molecule has 0 aromatic heterocycles. The molecule has 0 unspecified atom stereocenters. The molecule has 106 valence electrons. The maximum Gasteiger partial charge on any atom is 0.227 e. The van der Waals surface area contributed by atoms with Crippen LogP contribution in [-0.2, 0) is 4.79 Å². The molecule has 0 saturated heterocycles. The fourth-order valence-electron chi connectivity index (χ4n) is 2.09. The second-order valence-electron chi connectivity index (χ2n) is 4.98. The van der Waals surface area contributed by atoms with Gasteiger partial charge in [0.15, 0.2) is 0 Å². The third-order valence-electron chi connectivity index (χ3n) is 3.29. The molecule has 0 saturated carbocycles. The molecule has 2 nitrogen and oxygen atoms in total. The van der Waals surface area contributed by atoms with E-state index in [1.54, 1.807) is 12.1 Å². The second-order valence-corrected chi connectivity index (χ2v) is 4.98. The SMILES string of the molecule is CCCCC(CCCC)C(=O)Nc1ccc(F)cc1. The summed E-state index contributed by atoms with van der Waals surface area (Å²) in [5.41, 5.74) is 0.671. The number of amides is 1. The molecule has 19 heavy (non-hydrogen) atoms. The third-order valence-corrected chi connectivity index (χ3v) is 3.29. The summed E-state index contributed by atoms with van der Waals surface area (Å²) < 4.78 is 12.8. The lowest BCUT2D eigenvalue weighted by Gasteiger charge is -2.16. The first-order chi connectivity index (χ1) is 9.17. The highest BCUT2D eigenvalue weighted by atomic mass is 19.1. The van der Waals surface area contributed by atoms with Gasteiger partial charge >= 0.3 is 0 Å². The lowest BCUT2D eigenvalue weighted by Crippen LogP contribution is -2.23. The zero-order chi connectivity index (χ0) is 14.1. The van der Waals surface area contributed by atoms with Gasteiger partial charge in [-0.15, -0.1) is 0 Å². The normalized spacial score (nSPS) is 10.7. The number of hydrogen-bond acceptors (Lipinski definition) is 1. The highest BCUT2D eigenvalue weighted by Crippen LogP contribution is 2.19. The molecule has 1 aromatic carbocycles. The summed E-state index contributed by atoms with van der Waals surface area (Å²) in [4.78, 5) is 12.2. The van der Waals surface area contributed by atoms with Crippen LogP contribution in [0, 0.1) is 11.7 Å². The van der Waals surface area contributed by atoms with Crippen molar-refractivity contribution in [2.45, 2.75) is 52.4 Å². The molecular formula is C16H24FNO. The standard InChI is InChI=1S/C16H24FNO/c1-3-5-7-13(8-6-4-2)16(19)18-15-11-9-14(17)10-12-15/h9-13H,3-8H2,1-2H3,(H,18,19). The summed E-state index contributed by atoms with van der Waals surface area (Å²) in [7, 11) is 0. The van der Waals surface area contributed by atoms with Crippen LogP contribution in [0.15, 0.2) is 24.3 Å². The lowest BCUT2D eigenvalue weighted by atomic mass is 9.95. The highest BCUT2D eigenvalue weighted by Gasteiger charge is 2.17. The number of halogens is 1. The molecule has 1 N–H and O–H groups in total. The Bertz CT molecular complexity index is 367. The summed E-state index contributed by atoms with van der Waals surface area (Å²) in [6.07, 6.45) is 6.22. The predicted octanol–water partition coefficient (Wildman–Crippen LogP) is 4.76. The predicted molar refractivity (Wildman–Crippen MR) is 77.6 cm³/mol. The van der Waals surface area contributed by atoms with Crippen LogP contribution in [0.25, 0.3) is 0 Å². The fraction of sp³-hybridized carbons (Fsp3) is 0.562. The molecule has 0 bridgehead atoms. The van der Waals surface area contributed by atoms with Crippen molar-refractivity contribution in [2.24, 2.45) is 5.92 Å². The van der Waals surface area contributed by atoms with E-state index in [1.165, 1.54) is 12.1 Å². The molecule has 1 amide bonds. The van der Waals surface area contributed by atoms with E-state index in [0.717, 1.165) is 38.5 Å². The molecule has 0 aliphatic carbocycles. The number of carbonyl (C=O) groups is 1. The summed E-state index contributed by atoms with van der Waals surface area (Å²) >= 11 is 0. The number of nitrogens with one attached hydrogen (secondary N) is 1. The molecule has 0 radical (unpaired) electrons. The van der Waals surface area contributed by atoms with Crippen molar-refractivity contribution in [3.05, 3.63) is 30.1 Å². The minimum atomic E-state index is -0.286. The van der Waals surface area contributed by atoms with Crippen LogP contribution < -0.4 is 5.32 Å². The first-order valence-corrected chi connectivity index (χ1v) is 7.23. The van der Waals surface area contributed by atoms with E-state index in [-0.39, 0.29) is 17.6 Å². The monoisotopic (exact) mass is 265 g/mol. The molecule has 0 aliphatic rings. The van der Waals surface area contributed by atoms with Crippen molar-refractivity contribution in [1.29, 1.82) is 0 Å². The highest BCUT2D eigenvalue weighted by molar-refractivity contribution is 5.92. The molecule has 0 fully saturated rings. The maximum atomic E-state index is 12.8. The van der Waals surface area contributed by atoms with Crippen LogP contribution in [0.3, 0.4) is 0 Å². The molecule has 3 heteroatoms. The first-order valence-electron chi connectivity index (χ1n) is 7.23. The van der Waals surface area contributed by atoms with Crippen molar-refractivity contribution < 1.29 is 9.18 Å². The van der Waals surface area contributed by atoms with E-state index in [2.05, 4.69) is 19.2 Å². The van der Waals surface area contributed by atoms with Crippen LogP contribution in [0.1, 0.15) is 52.4 Å². The Morgan fingerprint density at radius 3 is 2.11 bits per heavy atom. The fourth-order valence-corrected chi connectivity index (χ4v) is 2.09. The van der Waals surface area contributed by atoms with Crippen LogP contribution >= 0.6 is 0 Å². The quantitative estimate of drug-likeness (QED) is 0.721. The smallest absolute Gasteiger partial charge is 0.227 e. The Balaban J connectivity index is 2.56. The van der Waals surface area contributed by atoms with Crippen LogP contribution in [0.4, 0.5) is 10.1 Å². The Morgan fingerprint density at radius 1 is 1.11 bits per heavy atom. The van der Waals surface area contributed by atoms with Crippen LogP contribution in [0.2, 0.25) is 0 Å². The van der Waals surface area contributed by atoms with E-state index in [1.807, 2.05) is 0 Å². The summed E-state index contributed by atoms with van der Waals surface area (Å²) in [6, 6.07) is 5.93. The van der Waals surface area contributed by atoms with Crippen molar-refractivity contribution in [3.63, 3.8) is 0 Å². The van der Waals surface area contributed by atoms with Crippen molar-refractivity contribution in [3.8, 4) is 0 Å². The molecule has 1 aromatic rings. The minimum Gasteiger partial charge on any atom is -0.326 e. The van der Waals surface area contributed by atoms with E-state index in [4.69, 9.17) is 0 Å². The number of benzene rings is 1. The number of unbranched alkanes of at least 4 members (excludes halogenated alkanes) is 2. The zero-order valence-electron chi connectivity index (χ0n) is 11.9. The van der Waals surface area contributed by atoms with Gasteiger partial charge in [0, 0.05) is 11.6 Å². The molecule has 0 heterocycles. The number of carbonyl (C=O) groups excluding carboxylic acids is 1. The van der Waals surface area contributed by atoms with Gasteiger partial charge in [0.1, 0.15) is 5.82 Å². The maximum absolute atomic E-state index is 12.8.